The molecule has 1 aliphatic heterocycles. The Balaban J connectivity index is 2.07. The lowest BCUT2D eigenvalue weighted by atomic mass is 9.95. The number of halogens is 1. The van der Waals surface area contributed by atoms with E-state index in [2.05, 4.69) is 0 Å². The highest BCUT2D eigenvalue weighted by Gasteiger charge is 2.45. The van der Waals surface area contributed by atoms with Crippen LogP contribution in [0, 0.1) is 0 Å². The first-order chi connectivity index (χ1) is 14.8. The molecule has 6 nitrogen and oxygen atoms in total. The second kappa shape index (κ2) is 9.98. The molecule has 2 aromatic rings. The first kappa shape index (κ1) is 22.8. The molecule has 164 valence electrons. The number of benzene rings is 2. The zero-order valence-electron chi connectivity index (χ0n) is 17.8. The molecule has 0 bridgehead atoms. The van der Waals surface area contributed by atoms with Gasteiger partial charge in [-0.3, -0.25) is 9.59 Å². The van der Waals surface area contributed by atoms with Crippen molar-refractivity contribution in [3.63, 3.8) is 0 Å². The zero-order chi connectivity index (χ0) is 22.5. The van der Waals surface area contributed by atoms with E-state index < -0.39 is 17.7 Å². The van der Waals surface area contributed by atoms with Crippen LogP contribution in [0.25, 0.3) is 5.76 Å². The molecular formula is C24H26ClNO5. The SMILES string of the molecule is CCOc1ccc(C2/C(=C(/O)c3cccc(Cl)c3)C(=O)C(=O)N2CCOC(C)C)cc1. The summed E-state index contributed by atoms with van der Waals surface area (Å²) >= 11 is 6.06. The molecule has 0 aliphatic carbocycles. The number of hydrogen-bond donors (Lipinski definition) is 1. The summed E-state index contributed by atoms with van der Waals surface area (Å²) in [7, 11) is 0. The van der Waals surface area contributed by atoms with E-state index in [-0.39, 0.29) is 30.6 Å². The van der Waals surface area contributed by atoms with E-state index >= 15 is 0 Å². The topological polar surface area (TPSA) is 76.1 Å². The lowest BCUT2D eigenvalue weighted by molar-refractivity contribution is -0.140. The number of likely N-dealkylation sites (tertiary alicyclic amines) is 1. The summed E-state index contributed by atoms with van der Waals surface area (Å²) in [4.78, 5) is 27.3. The minimum atomic E-state index is -0.745. The van der Waals surface area contributed by atoms with Gasteiger partial charge in [-0.15, -0.1) is 0 Å². The second-order valence-corrected chi connectivity index (χ2v) is 7.86. The monoisotopic (exact) mass is 443 g/mol. The van der Waals surface area contributed by atoms with E-state index in [1.165, 1.54) is 4.90 Å². The normalized spacial score (nSPS) is 18.1. The van der Waals surface area contributed by atoms with E-state index in [0.717, 1.165) is 0 Å². The smallest absolute Gasteiger partial charge is 0.295 e. The number of rotatable bonds is 8. The predicted octanol–water partition coefficient (Wildman–Crippen LogP) is 4.59. The fourth-order valence-electron chi connectivity index (χ4n) is 3.55. The Hall–Kier alpha value is -2.83. The van der Waals surface area contributed by atoms with Gasteiger partial charge in [0.15, 0.2) is 0 Å². The van der Waals surface area contributed by atoms with Crippen LogP contribution in [0.4, 0.5) is 0 Å². The molecule has 1 unspecified atom stereocenters. The van der Waals surface area contributed by atoms with Crippen molar-refractivity contribution in [1.82, 2.24) is 4.90 Å². The van der Waals surface area contributed by atoms with Gasteiger partial charge >= 0.3 is 0 Å². The van der Waals surface area contributed by atoms with Crippen LogP contribution >= 0.6 is 11.6 Å². The van der Waals surface area contributed by atoms with E-state index in [1.54, 1.807) is 48.5 Å². The Kier molecular flexibility index (Phi) is 7.36. The van der Waals surface area contributed by atoms with Gasteiger partial charge in [0.2, 0.25) is 0 Å². The van der Waals surface area contributed by atoms with Crippen molar-refractivity contribution in [3.05, 3.63) is 70.3 Å². The minimum Gasteiger partial charge on any atom is -0.507 e. The Morgan fingerprint density at radius 2 is 1.87 bits per heavy atom. The highest BCUT2D eigenvalue weighted by atomic mass is 35.5. The van der Waals surface area contributed by atoms with Crippen molar-refractivity contribution in [2.75, 3.05) is 19.8 Å². The van der Waals surface area contributed by atoms with Crippen molar-refractivity contribution in [2.45, 2.75) is 32.9 Å². The lowest BCUT2D eigenvalue weighted by Gasteiger charge is -2.25. The standard InChI is InChI=1S/C24H26ClNO5/c1-4-30-19-10-8-16(9-11-19)21-20(22(27)17-6-5-7-18(25)14-17)23(28)24(29)26(21)12-13-31-15(2)3/h5-11,14-15,21,27H,4,12-13H2,1-3H3/b22-20-. The van der Waals surface area contributed by atoms with Crippen LogP contribution in [0.2, 0.25) is 5.02 Å². The van der Waals surface area contributed by atoms with Crippen LogP contribution < -0.4 is 4.74 Å². The molecule has 1 saturated heterocycles. The molecule has 31 heavy (non-hydrogen) atoms. The Bertz CT molecular complexity index is 984. The highest BCUT2D eigenvalue weighted by Crippen LogP contribution is 2.39. The molecule has 3 rings (SSSR count). The summed E-state index contributed by atoms with van der Waals surface area (Å²) in [6.45, 7) is 6.71. The summed E-state index contributed by atoms with van der Waals surface area (Å²) in [5.74, 6) is -0.982. The lowest BCUT2D eigenvalue weighted by Crippen LogP contribution is -2.33. The number of aliphatic hydroxyl groups is 1. The fraction of sp³-hybridized carbons (Fsp3) is 0.333. The third kappa shape index (κ3) is 5.09. The third-order valence-electron chi connectivity index (χ3n) is 4.93. The molecule has 1 N–H and O–H groups in total. The van der Waals surface area contributed by atoms with Gasteiger partial charge in [0, 0.05) is 17.1 Å². The average molecular weight is 444 g/mol. The van der Waals surface area contributed by atoms with Crippen LogP contribution in [0.5, 0.6) is 5.75 Å². The van der Waals surface area contributed by atoms with Crippen molar-refractivity contribution in [2.24, 2.45) is 0 Å². The number of aliphatic hydroxyl groups excluding tert-OH is 1. The van der Waals surface area contributed by atoms with E-state index in [0.29, 0.717) is 28.5 Å². The summed E-state index contributed by atoms with van der Waals surface area (Å²) < 4.78 is 11.1. The molecule has 0 saturated carbocycles. The Morgan fingerprint density at radius 3 is 2.48 bits per heavy atom. The van der Waals surface area contributed by atoms with Gasteiger partial charge in [0.05, 0.1) is 30.9 Å². The highest BCUT2D eigenvalue weighted by molar-refractivity contribution is 6.46. The number of ketones is 1. The molecule has 7 heteroatoms. The van der Waals surface area contributed by atoms with Crippen LogP contribution in [-0.2, 0) is 14.3 Å². The minimum absolute atomic E-state index is 0.00721. The molecule has 2 aromatic carbocycles. The van der Waals surface area contributed by atoms with Crippen molar-refractivity contribution in [3.8, 4) is 5.75 Å². The Labute approximate surface area is 187 Å². The summed E-state index contributed by atoms with van der Waals surface area (Å²) in [5, 5.41) is 11.4. The number of carbonyl (C=O) groups is 2. The third-order valence-corrected chi connectivity index (χ3v) is 5.16. The van der Waals surface area contributed by atoms with Gasteiger partial charge in [-0.1, -0.05) is 35.9 Å². The van der Waals surface area contributed by atoms with Crippen molar-refractivity contribution in [1.29, 1.82) is 0 Å². The predicted molar refractivity (Wildman–Crippen MR) is 119 cm³/mol. The number of carbonyl (C=O) groups excluding carboxylic acids is 2. The van der Waals surface area contributed by atoms with Crippen molar-refractivity contribution < 1.29 is 24.2 Å². The first-order valence-corrected chi connectivity index (χ1v) is 10.6. The number of amides is 1. The van der Waals surface area contributed by atoms with Gasteiger partial charge in [-0.2, -0.15) is 0 Å². The van der Waals surface area contributed by atoms with Gasteiger partial charge in [-0.05, 0) is 50.6 Å². The number of ether oxygens (including phenoxy) is 2. The van der Waals surface area contributed by atoms with E-state index in [9.17, 15) is 14.7 Å². The number of Topliss-reactive ketones (excluding diaryl/α,β-unsaturated/α-hetero) is 1. The molecule has 1 aliphatic rings. The maximum Gasteiger partial charge on any atom is 0.295 e. The van der Waals surface area contributed by atoms with Gasteiger partial charge in [0.1, 0.15) is 11.5 Å². The quantitative estimate of drug-likeness (QED) is 0.367. The molecule has 1 amide bonds. The molecule has 1 fully saturated rings. The maximum absolute atomic E-state index is 13.0. The van der Waals surface area contributed by atoms with Gasteiger partial charge in [-0.25, -0.2) is 0 Å². The molecule has 1 heterocycles. The summed E-state index contributed by atoms with van der Waals surface area (Å²) in [6, 6.07) is 13.0. The average Bonchev–Trinajstić information content (AvgIpc) is 2.99. The van der Waals surface area contributed by atoms with E-state index in [1.807, 2.05) is 20.8 Å². The zero-order valence-corrected chi connectivity index (χ0v) is 18.6. The Morgan fingerprint density at radius 1 is 1.16 bits per heavy atom. The van der Waals surface area contributed by atoms with Crippen LogP contribution in [0.1, 0.15) is 37.9 Å². The molecule has 0 spiro atoms. The van der Waals surface area contributed by atoms with Crippen molar-refractivity contribution >= 4 is 29.1 Å². The number of hydrogen-bond acceptors (Lipinski definition) is 5. The fourth-order valence-corrected chi connectivity index (χ4v) is 3.74. The molecule has 0 radical (unpaired) electrons. The molecular weight excluding hydrogens is 418 g/mol. The van der Waals surface area contributed by atoms with Crippen LogP contribution in [-0.4, -0.2) is 47.6 Å². The summed E-state index contributed by atoms with van der Waals surface area (Å²) in [6.07, 6.45) is -0.00721. The van der Waals surface area contributed by atoms with E-state index in [4.69, 9.17) is 21.1 Å². The molecule has 1 atom stereocenters. The van der Waals surface area contributed by atoms with Gasteiger partial charge < -0.3 is 19.5 Å². The summed E-state index contributed by atoms with van der Waals surface area (Å²) in [5.41, 5.74) is 1.09. The second-order valence-electron chi connectivity index (χ2n) is 7.42. The van der Waals surface area contributed by atoms with Gasteiger partial charge in [0.25, 0.3) is 11.7 Å². The molecule has 0 aromatic heterocycles. The maximum atomic E-state index is 13.0. The first-order valence-electron chi connectivity index (χ1n) is 10.2. The van der Waals surface area contributed by atoms with Crippen LogP contribution in [0.3, 0.4) is 0 Å². The number of nitrogens with zero attached hydrogens (tertiary/aromatic N) is 1. The van der Waals surface area contributed by atoms with Crippen LogP contribution in [0.15, 0.2) is 54.1 Å². The largest absolute Gasteiger partial charge is 0.507 e.